The quantitative estimate of drug-likeness (QED) is 0.501. The zero-order valence-corrected chi connectivity index (χ0v) is 13.8. The summed E-state index contributed by atoms with van der Waals surface area (Å²) >= 11 is 0. The normalized spacial score (nSPS) is 12.0. The molecule has 0 spiro atoms. The number of methoxy groups -OCH3 is 1. The molecule has 0 aromatic carbocycles. The maximum Gasteiger partial charge on any atom is 0.412 e. The van der Waals surface area contributed by atoms with Crippen LogP contribution in [0, 0.1) is 0 Å². The molecule has 0 heterocycles. The molecule has 3 N–H and O–H groups in total. The summed E-state index contributed by atoms with van der Waals surface area (Å²) in [6.07, 6.45) is -0.794. The largest absolute Gasteiger partial charge is 0.467 e. The highest BCUT2D eigenvalue weighted by atomic mass is 16.6. The summed E-state index contributed by atoms with van der Waals surface area (Å²) in [5, 5.41) is 13.7. The number of allylic oxidation sites excluding steroid dienone is 1. The molecule has 2 amide bonds. The molecule has 126 valence electrons. The number of rotatable bonds is 5. The van der Waals surface area contributed by atoms with Crippen molar-refractivity contribution >= 4 is 18.0 Å². The Labute approximate surface area is 129 Å². The van der Waals surface area contributed by atoms with E-state index in [1.54, 1.807) is 34.6 Å². The second kappa shape index (κ2) is 8.38. The average molecular weight is 316 g/mol. The minimum Gasteiger partial charge on any atom is -0.467 e. The highest BCUT2D eigenvalue weighted by molar-refractivity contribution is 5.98. The number of esters is 1. The molecule has 0 rings (SSSR count). The first-order valence-corrected chi connectivity index (χ1v) is 6.68. The van der Waals surface area contributed by atoms with Gasteiger partial charge in [0.25, 0.3) is 5.91 Å². The van der Waals surface area contributed by atoms with Crippen LogP contribution < -0.4 is 10.6 Å². The summed E-state index contributed by atoms with van der Waals surface area (Å²) in [5.74, 6) is -1.52. The van der Waals surface area contributed by atoms with Gasteiger partial charge in [0.15, 0.2) is 6.04 Å². The van der Waals surface area contributed by atoms with Gasteiger partial charge >= 0.3 is 12.1 Å². The Hall–Kier alpha value is -2.09. The van der Waals surface area contributed by atoms with Gasteiger partial charge in [-0.25, -0.2) is 9.59 Å². The van der Waals surface area contributed by atoms with Crippen LogP contribution in [0.25, 0.3) is 0 Å². The van der Waals surface area contributed by atoms with E-state index in [0.29, 0.717) is 5.57 Å². The molecular formula is C14H24N2O6. The molecule has 0 aliphatic heterocycles. The van der Waals surface area contributed by atoms with E-state index in [4.69, 9.17) is 9.84 Å². The van der Waals surface area contributed by atoms with Crippen molar-refractivity contribution in [3.05, 3.63) is 11.3 Å². The lowest BCUT2D eigenvalue weighted by atomic mass is 10.2. The number of aliphatic hydroxyl groups is 1. The lowest BCUT2D eigenvalue weighted by molar-refractivity contribution is -0.145. The predicted octanol–water partition coefficient (Wildman–Crippen LogP) is 0.455. The Kier molecular flexibility index (Phi) is 7.58. The number of aliphatic hydroxyl groups excluding tert-OH is 1. The first-order chi connectivity index (χ1) is 10.0. The average Bonchev–Trinajstić information content (AvgIpc) is 2.38. The fourth-order valence-corrected chi connectivity index (χ4v) is 1.37. The third-order valence-electron chi connectivity index (χ3n) is 2.33. The lowest BCUT2D eigenvalue weighted by Crippen LogP contribution is -2.47. The van der Waals surface area contributed by atoms with E-state index in [1.165, 1.54) is 0 Å². The summed E-state index contributed by atoms with van der Waals surface area (Å²) in [6.45, 7) is 7.66. The molecule has 0 saturated carbocycles. The lowest BCUT2D eigenvalue weighted by Gasteiger charge is -2.21. The van der Waals surface area contributed by atoms with Crippen LogP contribution in [0.15, 0.2) is 11.3 Å². The molecule has 22 heavy (non-hydrogen) atoms. The molecule has 0 aromatic heterocycles. The molecule has 0 aliphatic carbocycles. The number of ether oxygens (including phenoxy) is 2. The van der Waals surface area contributed by atoms with Crippen molar-refractivity contribution in [1.29, 1.82) is 0 Å². The fourth-order valence-electron chi connectivity index (χ4n) is 1.37. The van der Waals surface area contributed by atoms with E-state index in [0.717, 1.165) is 7.11 Å². The van der Waals surface area contributed by atoms with Gasteiger partial charge in [-0.1, -0.05) is 0 Å². The van der Waals surface area contributed by atoms with Crippen molar-refractivity contribution < 1.29 is 29.0 Å². The van der Waals surface area contributed by atoms with Crippen LogP contribution in [-0.4, -0.2) is 48.4 Å². The monoisotopic (exact) mass is 316 g/mol. The number of hydrogen-bond donors (Lipinski definition) is 3. The molecule has 0 aliphatic rings. The summed E-state index contributed by atoms with van der Waals surface area (Å²) in [6, 6.07) is -1.22. The zero-order chi connectivity index (χ0) is 17.5. The van der Waals surface area contributed by atoms with Crippen LogP contribution in [-0.2, 0) is 19.1 Å². The third-order valence-corrected chi connectivity index (χ3v) is 2.33. The minimum absolute atomic E-state index is 0.0587. The molecular weight excluding hydrogens is 292 g/mol. The van der Waals surface area contributed by atoms with Gasteiger partial charge in [-0.2, -0.15) is 0 Å². The molecule has 0 saturated heterocycles. The predicted molar refractivity (Wildman–Crippen MR) is 78.8 cm³/mol. The summed E-state index contributed by atoms with van der Waals surface area (Å²) in [4.78, 5) is 35.2. The van der Waals surface area contributed by atoms with E-state index >= 15 is 0 Å². The van der Waals surface area contributed by atoms with E-state index in [-0.39, 0.29) is 5.70 Å². The number of carbonyl (C=O) groups excluding carboxylic acids is 3. The van der Waals surface area contributed by atoms with Crippen molar-refractivity contribution in [3.8, 4) is 0 Å². The van der Waals surface area contributed by atoms with Crippen molar-refractivity contribution in [2.75, 3.05) is 13.7 Å². The van der Waals surface area contributed by atoms with Gasteiger partial charge in [0, 0.05) is 0 Å². The smallest absolute Gasteiger partial charge is 0.412 e. The van der Waals surface area contributed by atoms with Crippen molar-refractivity contribution in [3.63, 3.8) is 0 Å². The number of alkyl carbamates (subject to hydrolysis) is 1. The number of nitrogens with one attached hydrogen (secondary N) is 2. The van der Waals surface area contributed by atoms with Gasteiger partial charge in [0.1, 0.15) is 11.3 Å². The highest BCUT2D eigenvalue weighted by Gasteiger charge is 2.25. The van der Waals surface area contributed by atoms with Crippen molar-refractivity contribution in [2.24, 2.45) is 0 Å². The third kappa shape index (κ3) is 7.07. The highest BCUT2D eigenvalue weighted by Crippen LogP contribution is 2.08. The topological polar surface area (TPSA) is 114 Å². The molecule has 8 heteroatoms. The molecule has 0 aromatic rings. The molecule has 1 atom stereocenters. The molecule has 0 fully saturated rings. The Morgan fingerprint density at radius 1 is 1.18 bits per heavy atom. The molecule has 8 nitrogen and oxygen atoms in total. The van der Waals surface area contributed by atoms with Crippen molar-refractivity contribution in [1.82, 2.24) is 10.6 Å². The van der Waals surface area contributed by atoms with Gasteiger partial charge in [0.05, 0.1) is 13.7 Å². The van der Waals surface area contributed by atoms with E-state index < -0.39 is 36.2 Å². The molecule has 0 radical (unpaired) electrons. The Morgan fingerprint density at radius 3 is 2.09 bits per heavy atom. The van der Waals surface area contributed by atoms with Crippen LogP contribution >= 0.6 is 0 Å². The summed E-state index contributed by atoms with van der Waals surface area (Å²) in [5.41, 5.74) is -0.269. The second-order valence-corrected chi connectivity index (χ2v) is 5.73. The summed E-state index contributed by atoms with van der Waals surface area (Å²) in [7, 11) is 1.14. The van der Waals surface area contributed by atoms with E-state index in [9.17, 15) is 14.4 Å². The van der Waals surface area contributed by atoms with Gasteiger partial charge in [-0.3, -0.25) is 10.1 Å². The Morgan fingerprint density at radius 2 is 1.73 bits per heavy atom. The van der Waals surface area contributed by atoms with Crippen LogP contribution in [0.2, 0.25) is 0 Å². The maximum atomic E-state index is 12.1. The van der Waals surface area contributed by atoms with Crippen LogP contribution in [0.3, 0.4) is 0 Å². The van der Waals surface area contributed by atoms with Crippen LogP contribution in [0.1, 0.15) is 34.6 Å². The number of hydrogen-bond acceptors (Lipinski definition) is 6. The van der Waals surface area contributed by atoms with E-state index in [1.807, 2.05) is 0 Å². The number of carbonyl (C=O) groups is 3. The second-order valence-electron chi connectivity index (χ2n) is 5.73. The zero-order valence-electron chi connectivity index (χ0n) is 13.8. The standard InChI is InChI=1S/C14H24N2O6/c1-8(2)10(16-13(20)22-14(3,4)5)11(18)15-9(7-17)12(19)21-6/h9,17H,7H2,1-6H3,(H,15,18)(H,16,20)/t9-/m0/s1. The summed E-state index contributed by atoms with van der Waals surface area (Å²) < 4.78 is 9.51. The first-order valence-electron chi connectivity index (χ1n) is 6.68. The Bertz CT molecular complexity index is 460. The SMILES string of the molecule is COC(=O)[C@H](CO)NC(=O)C(NC(=O)OC(C)(C)C)=C(C)C. The minimum atomic E-state index is -1.22. The Balaban J connectivity index is 4.98. The van der Waals surface area contributed by atoms with Gasteiger partial charge in [-0.15, -0.1) is 0 Å². The van der Waals surface area contributed by atoms with Gasteiger partial charge < -0.3 is 19.9 Å². The van der Waals surface area contributed by atoms with Crippen LogP contribution in [0.4, 0.5) is 4.79 Å². The fraction of sp³-hybridized carbons (Fsp3) is 0.643. The number of amides is 2. The van der Waals surface area contributed by atoms with Crippen LogP contribution in [0.5, 0.6) is 0 Å². The van der Waals surface area contributed by atoms with Gasteiger partial charge in [0.2, 0.25) is 0 Å². The molecule has 0 unspecified atom stereocenters. The maximum absolute atomic E-state index is 12.1. The first kappa shape index (κ1) is 19.9. The van der Waals surface area contributed by atoms with Gasteiger partial charge in [-0.05, 0) is 40.2 Å². The van der Waals surface area contributed by atoms with E-state index in [2.05, 4.69) is 15.4 Å². The molecule has 0 bridgehead atoms. The van der Waals surface area contributed by atoms with Crippen molar-refractivity contribution in [2.45, 2.75) is 46.3 Å².